The van der Waals surface area contributed by atoms with Crippen molar-refractivity contribution in [3.63, 3.8) is 0 Å². The Kier molecular flexibility index (Phi) is 6.26. The molecule has 0 radical (unpaired) electrons. The van der Waals surface area contributed by atoms with Crippen LogP contribution in [-0.2, 0) is 0 Å². The summed E-state index contributed by atoms with van der Waals surface area (Å²) in [5.41, 5.74) is 6.42. The third-order valence-electron chi connectivity index (χ3n) is 6.64. The van der Waals surface area contributed by atoms with Crippen LogP contribution in [0.5, 0.6) is 0 Å². The van der Waals surface area contributed by atoms with E-state index < -0.39 is 0 Å². The molecule has 2 aliphatic rings. The van der Waals surface area contributed by atoms with Crippen LogP contribution in [0.2, 0.25) is 10.0 Å². The van der Waals surface area contributed by atoms with Crippen molar-refractivity contribution in [3.8, 4) is 0 Å². The topological polar surface area (TPSA) is 34.4 Å². The molecule has 0 unspecified atom stereocenters. The van der Waals surface area contributed by atoms with Crippen LogP contribution in [0.1, 0.15) is 42.0 Å². The second-order valence-corrected chi connectivity index (χ2v) is 10.8. The first kappa shape index (κ1) is 23.2. The van der Waals surface area contributed by atoms with E-state index in [4.69, 9.17) is 28.2 Å². The van der Waals surface area contributed by atoms with Crippen LogP contribution in [0.15, 0.2) is 105 Å². The Bertz CT molecular complexity index is 1700. The lowest BCUT2D eigenvalue weighted by Gasteiger charge is -2.31. The van der Waals surface area contributed by atoms with Gasteiger partial charge in [-0.25, -0.2) is 4.99 Å². The summed E-state index contributed by atoms with van der Waals surface area (Å²) in [5, 5.41) is 1.08. The number of thiazole rings is 1. The second kappa shape index (κ2) is 9.70. The van der Waals surface area contributed by atoms with Crippen molar-refractivity contribution in [3.05, 3.63) is 142 Å². The third-order valence-corrected chi connectivity index (χ3v) is 8.18. The summed E-state index contributed by atoms with van der Waals surface area (Å²) in [4.78, 5) is 19.6. The van der Waals surface area contributed by atoms with Gasteiger partial charge in [0, 0.05) is 10.0 Å². The number of allylic oxidation sites excluding steroid dienone is 2. The standard InChI is InChI=1S/C30H22Cl2N2OS/c31-23-15-14-21(25(32)18-23)17-26-29(35)34-28(20-10-5-2-6-11-20)24-13-7-12-22(27(24)33-30(34)36-26)16-19-8-3-1-4-9-19/h1-6,8-11,14-18,28H,7,12-13H2/b22-16+,26-17+/t28-/m1/s1. The van der Waals surface area contributed by atoms with Gasteiger partial charge >= 0.3 is 0 Å². The molecule has 178 valence electrons. The van der Waals surface area contributed by atoms with E-state index in [2.05, 4.69) is 42.5 Å². The Morgan fingerprint density at radius 1 is 0.917 bits per heavy atom. The summed E-state index contributed by atoms with van der Waals surface area (Å²) in [7, 11) is 0. The van der Waals surface area contributed by atoms with Crippen molar-refractivity contribution in [2.45, 2.75) is 25.3 Å². The maximum Gasteiger partial charge on any atom is 0.271 e. The number of benzene rings is 3. The number of nitrogens with zero attached hydrogens (tertiary/aromatic N) is 2. The molecule has 1 aliphatic heterocycles. The van der Waals surface area contributed by atoms with Crippen molar-refractivity contribution < 1.29 is 0 Å². The molecule has 0 amide bonds. The molecule has 0 saturated carbocycles. The Labute approximate surface area is 223 Å². The lowest BCUT2D eigenvalue weighted by molar-refractivity contribution is 0.553. The fraction of sp³-hybridized carbons (Fsp3) is 0.133. The summed E-state index contributed by atoms with van der Waals surface area (Å²) >= 11 is 13.9. The van der Waals surface area contributed by atoms with Gasteiger partial charge in [0.25, 0.3) is 5.56 Å². The fourth-order valence-electron chi connectivity index (χ4n) is 5.00. The summed E-state index contributed by atoms with van der Waals surface area (Å²) in [6.07, 6.45) is 6.99. The number of hydrogen-bond donors (Lipinski definition) is 0. The molecule has 3 aromatic carbocycles. The van der Waals surface area contributed by atoms with E-state index in [1.807, 2.05) is 41.0 Å². The van der Waals surface area contributed by atoms with Gasteiger partial charge in [-0.1, -0.05) is 101 Å². The molecule has 36 heavy (non-hydrogen) atoms. The van der Waals surface area contributed by atoms with Crippen molar-refractivity contribution in [1.82, 2.24) is 4.57 Å². The van der Waals surface area contributed by atoms with E-state index >= 15 is 0 Å². The minimum absolute atomic E-state index is 0.0515. The normalized spacial score (nSPS) is 18.7. The molecule has 3 nitrogen and oxygen atoms in total. The number of rotatable bonds is 3. The first-order valence-electron chi connectivity index (χ1n) is 11.9. The van der Waals surface area contributed by atoms with Crippen LogP contribution >= 0.6 is 34.5 Å². The SMILES string of the molecule is O=c1/c(=C\c2ccc(Cl)cc2Cl)sc2n1[C@H](c1ccccc1)C1=C(N=2)/C(=C/c2ccccc2)CCC1. The summed E-state index contributed by atoms with van der Waals surface area (Å²) in [5.74, 6) is 0. The first-order valence-corrected chi connectivity index (χ1v) is 13.5. The smallest absolute Gasteiger partial charge is 0.271 e. The van der Waals surface area contributed by atoms with Crippen molar-refractivity contribution >= 4 is 46.7 Å². The number of halogens is 2. The molecule has 6 rings (SSSR count). The molecule has 0 spiro atoms. The number of fused-ring (bicyclic) bond motifs is 1. The van der Waals surface area contributed by atoms with Crippen LogP contribution in [0.25, 0.3) is 12.2 Å². The van der Waals surface area contributed by atoms with Crippen LogP contribution in [0, 0.1) is 0 Å². The molecule has 0 saturated heterocycles. The van der Waals surface area contributed by atoms with Gasteiger partial charge in [-0.3, -0.25) is 9.36 Å². The van der Waals surface area contributed by atoms with E-state index in [0.717, 1.165) is 41.6 Å². The largest absolute Gasteiger partial charge is 0.272 e. The summed E-state index contributed by atoms with van der Waals surface area (Å²) in [6.45, 7) is 0. The highest BCUT2D eigenvalue weighted by Gasteiger charge is 2.32. The van der Waals surface area contributed by atoms with Gasteiger partial charge in [-0.2, -0.15) is 0 Å². The lowest BCUT2D eigenvalue weighted by Crippen LogP contribution is -2.39. The van der Waals surface area contributed by atoms with Gasteiger partial charge < -0.3 is 0 Å². The molecule has 1 atom stereocenters. The van der Waals surface area contributed by atoms with E-state index in [-0.39, 0.29) is 11.6 Å². The highest BCUT2D eigenvalue weighted by atomic mass is 35.5. The van der Waals surface area contributed by atoms with Gasteiger partial charge in [0.15, 0.2) is 4.80 Å². The van der Waals surface area contributed by atoms with E-state index in [0.29, 0.717) is 19.4 Å². The molecule has 4 aromatic rings. The monoisotopic (exact) mass is 528 g/mol. The highest BCUT2D eigenvalue weighted by molar-refractivity contribution is 7.07. The van der Waals surface area contributed by atoms with E-state index in [9.17, 15) is 4.79 Å². The molecule has 0 N–H and O–H groups in total. The quantitative estimate of drug-likeness (QED) is 0.288. The fourth-order valence-corrected chi connectivity index (χ4v) is 6.46. The lowest BCUT2D eigenvalue weighted by atomic mass is 9.84. The predicted molar refractivity (Wildman–Crippen MR) is 149 cm³/mol. The average Bonchev–Trinajstić information content (AvgIpc) is 3.20. The molecule has 2 heterocycles. The van der Waals surface area contributed by atoms with Gasteiger partial charge in [0.2, 0.25) is 0 Å². The van der Waals surface area contributed by atoms with E-state index in [1.165, 1.54) is 22.5 Å². The van der Waals surface area contributed by atoms with Gasteiger partial charge in [-0.15, -0.1) is 0 Å². The Morgan fingerprint density at radius 2 is 1.67 bits per heavy atom. The predicted octanol–water partition coefficient (Wildman–Crippen LogP) is 6.79. The minimum atomic E-state index is -0.181. The molecule has 1 aliphatic carbocycles. The third kappa shape index (κ3) is 4.30. The Morgan fingerprint density at radius 3 is 2.42 bits per heavy atom. The molecule has 0 bridgehead atoms. The molecular formula is C30H22Cl2N2OS. The van der Waals surface area contributed by atoms with Crippen molar-refractivity contribution in [1.29, 1.82) is 0 Å². The minimum Gasteiger partial charge on any atom is -0.272 e. The average molecular weight is 529 g/mol. The van der Waals surface area contributed by atoms with Crippen LogP contribution < -0.4 is 14.9 Å². The number of aromatic nitrogens is 1. The summed E-state index contributed by atoms with van der Waals surface area (Å²) < 4.78 is 2.47. The van der Waals surface area contributed by atoms with Crippen molar-refractivity contribution in [2.75, 3.05) is 0 Å². The van der Waals surface area contributed by atoms with E-state index in [1.54, 1.807) is 12.1 Å². The maximum atomic E-state index is 13.8. The molecule has 6 heteroatoms. The zero-order chi connectivity index (χ0) is 24.6. The zero-order valence-corrected chi connectivity index (χ0v) is 21.7. The second-order valence-electron chi connectivity index (χ2n) is 8.97. The van der Waals surface area contributed by atoms with Crippen LogP contribution in [0.4, 0.5) is 0 Å². The van der Waals surface area contributed by atoms with Crippen LogP contribution in [0.3, 0.4) is 0 Å². The highest BCUT2D eigenvalue weighted by Crippen LogP contribution is 2.41. The first-order chi connectivity index (χ1) is 17.6. The van der Waals surface area contributed by atoms with Gasteiger partial charge in [0.1, 0.15) is 0 Å². The van der Waals surface area contributed by atoms with Gasteiger partial charge in [-0.05, 0) is 71.4 Å². The molecular weight excluding hydrogens is 507 g/mol. The Balaban J connectivity index is 1.59. The van der Waals surface area contributed by atoms with Crippen LogP contribution in [-0.4, -0.2) is 4.57 Å². The summed E-state index contributed by atoms with van der Waals surface area (Å²) in [6, 6.07) is 25.8. The molecule has 1 aromatic heterocycles. The van der Waals surface area contributed by atoms with Crippen molar-refractivity contribution in [2.24, 2.45) is 4.99 Å². The maximum absolute atomic E-state index is 13.8. The van der Waals surface area contributed by atoms with Gasteiger partial charge in [0.05, 0.1) is 16.3 Å². The Hall–Kier alpha value is -3.18. The number of hydrogen-bond acceptors (Lipinski definition) is 3. The zero-order valence-electron chi connectivity index (χ0n) is 19.3. The molecule has 0 fully saturated rings.